The summed E-state index contributed by atoms with van der Waals surface area (Å²) in [5, 5.41) is 0. The number of rotatable bonds is 3. The zero-order valence-electron chi connectivity index (χ0n) is 8.95. The highest BCUT2D eigenvalue weighted by Gasteiger charge is 2.26. The Hall–Kier alpha value is -0.340. The molecule has 1 atom stereocenters. The van der Waals surface area contributed by atoms with Gasteiger partial charge in [0.1, 0.15) is 0 Å². The van der Waals surface area contributed by atoms with Gasteiger partial charge in [0, 0.05) is 10.4 Å². The van der Waals surface area contributed by atoms with Gasteiger partial charge >= 0.3 is 0 Å². The van der Waals surface area contributed by atoms with Gasteiger partial charge in [-0.05, 0) is 36.9 Å². The van der Waals surface area contributed by atoms with Gasteiger partial charge in [-0.25, -0.2) is 0 Å². The van der Waals surface area contributed by atoms with Crippen LogP contribution in [0.5, 0.6) is 0 Å². The monoisotopic (exact) mass is 267 g/mol. The minimum atomic E-state index is 0.545. The van der Waals surface area contributed by atoms with E-state index in [0.29, 0.717) is 5.92 Å². The molecule has 0 amide bonds. The van der Waals surface area contributed by atoms with E-state index >= 15 is 0 Å². The molecule has 0 aliphatic heterocycles. The van der Waals surface area contributed by atoms with Crippen molar-refractivity contribution < 1.29 is 0 Å². The Balaban J connectivity index is 2.22. The second-order valence-corrected chi connectivity index (χ2v) is 5.26. The van der Waals surface area contributed by atoms with Gasteiger partial charge < -0.3 is 5.73 Å². The molecular weight excluding hydrogens is 250 g/mol. The van der Waals surface area contributed by atoms with Crippen LogP contribution < -0.4 is 5.73 Å². The Bertz CT molecular complexity index is 318. The van der Waals surface area contributed by atoms with Crippen LogP contribution >= 0.6 is 15.9 Å². The fraction of sp³-hybridized carbons (Fsp3) is 0.538. The van der Waals surface area contributed by atoms with E-state index < -0.39 is 0 Å². The topological polar surface area (TPSA) is 26.0 Å². The lowest BCUT2D eigenvalue weighted by molar-refractivity contribution is 0.439. The molecule has 82 valence electrons. The Labute approximate surface area is 100 Å². The highest BCUT2D eigenvalue weighted by atomic mass is 79.9. The third-order valence-electron chi connectivity index (χ3n) is 3.53. The van der Waals surface area contributed by atoms with Crippen LogP contribution in [-0.2, 0) is 0 Å². The van der Waals surface area contributed by atoms with E-state index in [1.165, 1.54) is 35.7 Å². The summed E-state index contributed by atoms with van der Waals surface area (Å²) in [4.78, 5) is 0. The van der Waals surface area contributed by atoms with E-state index in [2.05, 4.69) is 40.2 Å². The maximum absolute atomic E-state index is 5.93. The van der Waals surface area contributed by atoms with Gasteiger partial charge in [0.15, 0.2) is 0 Å². The Morgan fingerprint density at radius 1 is 1.27 bits per heavy atom. The molecule has 1 saturated carbocycles. The molecule has 0 heterocycles. The maximum Gasteiger partial charge on any atom is 0.0210 e. The maximum atomic E-state index is 5.93. The Kier molecular flexibility index (Phi) is 3.81. The van der Waals surface area contributed by atoms with Crippen molar-refractivity contribution in [3.05, 3.63) is 34.3 Å². The van der Waals surface area contributed by atoms with E-state index in [0.717, 1.165) is 12.5 Å². The van der Waals surface area contributed by atoms with Crippen LogP contribution in [0.1, 0.15) is 37.2 Å². The van der Waals surface area contributed by atoms with Gasteiger partial charge in [-0.2, -0.15) is 0 Å². The van der Waals surface area contributed by atoms with Crippen molar-refractivity contribution >= 4 is 15.9 Å². The van der Waals surface area contributed by atoms with Gasteiger partial charge in [-0.15, -0.1) is 0 Å². The molecule has 1 aromatic carbocycles. The van der Waals surface area contributed by atoms with Crippen molar-refractivity contribution in [2.45, 2.75) is 31.6 Å². The summed E-state index contributed by atoms with van der Waals surface area (Å²) in [5.41, 5.74) is 7.33. The largest absolute Gasteiger partial charge is 0.330 e. The summed E-state index contributed by atoms with van der Waals surface area (Å²) in [6.07, 6.45) is 5.46. The van der Waals surface area contributed by atoms with Crippen molar-refractivity contribution in [1.29, 1.82) is 0 Å². The predicted octanol–water partition coefficient (Wildman–Crippen LogP) is 3.68. The fourth-order valence-corrected chi connectivity index (χ4v) is 3.29. The fourth-order valence-electron chi connectivity index (χ4n) is 2.71. The van der Waals surface area contributed by atoms with Gasteiger partial charge in [-0.3, -0.25) is 0 Å². The number of hydrogen-bond donors (Lipinski definition) is 1. The first-order valence-electron chi connectivity index (χ1n) is 5.77. The lowest BCUT2D eigenvalue weighted by Crippen LogP contribution is -2.20. The zero-order chi connectivity index (χ0) is 10.7. The molecule has 1 aliphatic rings. The van der Waals surface area contributed by atoms with E-state index in [-0.39, 0.29) is 0 Å². The summed E-state index contributed by atoms with van der Waals surface area (Å²) in [6.45, 7) is 0.771. The van der Waals surface area contributed by atoms with Crippen LogP contribution in [0.3, 0.4) is 0 Å². The van der Waals surface area contributed by atoms with Gasteiger partial charge in [-0.1, -0.05) is 47.0 Å². The van der Waals surface area contributed by atoms with Crippen molar-refractivity contribution in [2.75, 3.05) is 6.54 Å². The summed E-state index contributed by atoms with van der Waals surface area (Å²) in [7, 11) is 0. The molecule has 1 aromatic rings. The summed E-state index contributed by atoms with van der Waals surface area (Å²) >= 11 is 3.63. The third-order valence-corrected chi connectivity index (χ3v) is 4.25. The van der Waals surface area contributed by atoms with E-state index in [1.54, 1.807) is 0 Å². The lowest BCUT2D eigenvalue weighted by Gasteiger charge is -2.23. The molecule has 2 heteroatoms. The molecule has 0 radical (unpaired) electrons. The molecular formula is C13H18BrN. The van der Waals surface area contributed by atoms with E-state index in [9.17, 15) is 0 Å². The zero-order valence-corrected chi connectivity index (χ0v) is 10.5. The van der Waals surface area contributed by atoms with Crippen LogP contribution in [0.15, 0.2) is 28.7 Å². The summed E-state index contributed by atoms with van der Waals surface area (Å²) < 4.78 is 1.22. The van der Waals surface area contributed by atoms with Gasteiger partial charge in [0.05, 0.1) is 0 Å². The minimum absolute atomic E-state index is 0.545. The quantitative estimate of drug-likeness (QED) is 0.889. The van der Waals surface area contributed by atoms with Crippen LogP contribution in [0.25, 0.3) is 0 Å². The van der Waals surface area contributed by atoms with Crippen LogP contribution in [-0.4, -0.2) is 6.54 Å². The molecule has 1 unspecified atom stereocenters. The number of halogens is 1. The second-order valence-electron chi connectivity index (χ2n) is 4.41. The smallest absolute Gasteiger partial charge is 0.0210 e. The van der Waals surface area contributed by atoms with Crippen molar-refractivity contribution in [2.24, 2.45) is 11.7 Å². The van der Waals surface area contributed by atoms with Crippen LogP contribution in [0, 0.1) is 5.92 Å². The van der Waals surface area contributed by atoms with Crippen molar-refractivity contribution in [1.82, 2.24) is 0 Å². The highest BCUT2D eigenvalue weighted by molar-refractivity contribution is 9.10. The van der Waals surface area contributed by atoms with Crippen LogP contribution in [0.2, 0.25) is 0 Å². The molecule has 15 heavy (non-hydrogen) atoms. The Morgan fingerprint density at radius 2 is 1.93 bits per heavy atom. The van der Waals surface area contributed by atoms with E-state index in [4.69, 9.17) is 5.73 Å². The molecule has 0 spiro atoms. The van der Waals surface area contributed by atoms with Crippen molar-refractivity contribution in [3.8, 4) is 0 Å². The predicted molar refractivity (Wildman–Crippen MR) is 67.9 cm³/mol. The standard InChI is InChI=1S/C13H18BrN/c14-13-8-4-3-7-11(13)12(9-15)10-5-1-2-6-10/h3-4,7-8,10,12H,1-2,5-6,9,15H2. The Morgan fingerprint density at radius 3 is 2.53 bits per heavy atom. The molecule has 1 fully saturated rings. The first-order chi connectivity index (χ1) is 7.33. The molecule has 0 aromatic heterocycles. The molecule has 0 saturated heterocycles. The third kappa shape index (κ3) is 2.43. The number of hydrogen-bond acceptors (Lipinski definition) is 1. The summed E-state index contributed by atoms with van der Waals surface area (Å²) in [6, 6.07) is 8.50. The highest BCUT2D eigenvalue weighted by Crippen LogP contribution is 2.38. The summed E-state index contributed by atoms with van der Waals surface area (Å²) in [5.74, 6) is 1.34. The molecule has 2 N–H and O–H groups in total. The number of benzene rings is 1. The van der Waals surface area contributed by atoms with Gasteiger partial charge in [0.25, 0.3) is 0 Å². The normalized spacial score (nSPS) is 19.3. The second kappa shape index (κ2) is 5.13. The first-order valence-corrected chi connectivity index (χ1v) is 6.56. The van der Waals surface area contributed by atoms with Crippen LogP contribution in [0.4, 0.5) is 0 Å². The molecule has 2 rings (SSSR count). The number of nitrogens with two attached hydrogens (primary N) is 1. The van der Waals surface area contributed by atoms with E-state index in [1.807, 2.05) is 0 Å². The average Bonchev–Trinajstić information content (AvgIpc) is 2.75. The molecule has 1 aliphatic carbocycles. The average molecular weight is 268 g/mol. The van der Waals surface area contributed by atoms with Gasteiger partial charge in [0.2, 0.25) is 0 Å². The molecule has 1 nitrogen and oxygen atoms in total. The minimum Gasteiger partial charge on any atom is -0.330 e. The molecule has 0 bridgehead atoms. The lowest BCUT2D eigenvalue weighted by atomic mass is 9.85. The first kappa shape index (κ1) is 11.2. The van der Waals surface area contributed by atoms with Crippen molar-refractivity contribution in [3.63, 3.8) is 0 Å². The SMILES string of the molecule is NCC(c1ccccc1Br)C1CCCC1.